The summed E-state index contributed by atoms with van der Waals surface area (Å²) in [6.07, 6.45) is 8.45. The van der Waals surface area contributed by atoms with Crippen LogP contribution in [0.4, 0.5) is 0 Å². The van der Waals surface area contributed by atoms with Crippen molar-refractivity contribution in [2.24, 2.45) is 0 Å². The van der Waals surface area contributed by atoms with Crippen molar-refractivity contribution in [3.8, 4) is 0 Å². The van der Waals surface area contributed by atoms with E-state index in [4.69, 9.17) is 4.74 Å². The second-order valence-corrected chi connectivity index (χ2v) is 4.23. The Balaban J connectivity index is 1.88. The molecule has 1 N–H and O–H groups in total. The highest BCUT2D eigenvalue weighted by molar-refractivity contribution is 4.93. The number of hydrogen-bond acceptors (Lipinski definition) is 2. The third-order valence-corrected chi connectivity index (χ3v) is 3.29. The second-order valence-electron chi connectivity index (χ2n) is 4.23. The fraction of sp³-hybridized carbons (Fsp3) is 1.00. The maximum Gasteiger partial charge on any atom is 0.0707 e. The SMILES string of the molecule is CNCC1CCC2(CCCC2)O1. The van der Waals surface area contributed by atoms with E-state index in [1.165, 1.54) is 38.5 Å². The summed E-state index contributed by atoms with van der Waals surface area (Å²) < 4.78 is 6.09. The van der Waals surface area contributed by atoms with Gasteiger partial charge in [-0.15, -0.1) is 0 Å². The number of nitrogens with one attached hydrogen (secondary N) is 1. The van der Waals surface area contributed by atoms with Crippen LogP contribution in [0, 0.1) is 0 Å². The zero-order valence-corrected chi connectivity index (χ0v) is 7.94. The molecule has 1 spiro atoms. The van der Waals surface area contributed by atoms with Crippen molar-refractivity contribution in [2.75, 3.05) is 13.6 Å². The lowest BCUT2D eigenvalue weighted by molar-refractivity contribution is -0.0344. The van der Waals surface area contributed by atoms with Crippen LogP contribution in [0.5, 0.6) is 0 Å². The molecular formula is C10H19NO. The summed E-state index contributed by atoms with van der Waals surface area (Å²) in [6, 6.07) is 0. The number of hydrogen-bond donors (Lipinski definition) is 1. The summed E-state index contributed by atoms with van der Waals surface area (Å²) in [5, 5.41) is 3.19. The molecule has 0 bridgehead atoms. The van der Waals surface area contributed by atoms with E-state index in [0.29, 0.717) is 11.7 Å². The van der Waals surface area contributed by atoms with Gasteiger partial charge in [-0.1, -0.05) is 12.8 Å². The molecule has 70 valence electrons. The molecule has 1 saturated carbocycles. The van der Waals surface area contributed by atoms with Gasteiger partial charge in [0.05, 0.1) is 11.7 Å². The molecule has 1 atom stereocenters. The van der Waals surface area contributed by atoms with E-state index >= 15 is 0 Å². The largest absolute Gasteiger partial charge is 0.370 e. The van der Waals surface area contributed by atoms with Crippen molar-refractivity contribution in [1.29, 1.82) is 0 Å². The molecule has 2 heteroatoms. The minimum absolute atomic E-state index is 0.321. The molecule has 0 aromatic heterocycles. The summed E-state index contributed by atoms with van der Waals surface area (Å²) in [4.78, 5) is 0. The molecule has 0 aromatic rings. The van der Waals surface area contributed by atoms with Crippen LogP contribution < -0.4 is 5.32 Å². The van der Waals surface area contributed by atoms with E-state index in [0.717, 1.165) is 6.54 Å². The van der Waals surface area contributed by atoms with Gasteiger partial charge in [0.25, 0.3) is 0 Å². The Morgan fingerprint density at radius 2 is 2.08 bits per heavy atom. The summed E-state index contributed by atoms with van der Waals surface area (Å²) in [6.45, 7) is 1.03. The van der Waals surface area contributed by atoms with E-state index in [-0.39, 0.29) is 0 Å². The summed E-state index contributed by atoms with van der Waals surface area (Å²) in [5.41, 5.74) is 0.321. The summed E-state index contributed by atoms with van der Waals surface area (Å²) in [7, 11) is 2.00. The van der Waals surface area contributed by atoms with E-state index < -0.39 is 0 Å². The molecule has 0 aromatic carbocycles. The third-order valence-electron chi connectivity index (χ3n) is 3.29. The molecule has 0 amide bonds. The first kappa shape index (κ1) is 8.52. The first-order valence-corrected chi connectivity index (χ1v) is 5.17. The minimum atomic E-state index is 0.321. The smallest absolute Gasteiger partial charge is 0.0707 e. The lowest BCUT2D eigenvalue weighted by Crippen LogP contribution is -2.29. The van der Waals surface area contributed by atoms with Crippen molar-refractivity contribution in [3.05, 3.63) is 0 Å². The molecule has 2 aliphatic rings. The lowest BCUT2D eigenvalue weighted by Gasteiger charge is -2.23. The summed E-state index contributed by atoms with van der Waals surface area (Å²) in [5.74, 6) is 0. The van der Waals surface area contributed by atoms with Gasteiger partial charge >= 0.3 is 0 Å². The standard InChI is InChI=1S/C10H19NO/c1-11-8-9-4-7-10(12-9)5-2-3-6-10/h9,11H,2-8H2,1H3. The van der Waals surface area contributed by atoms with Crippen LogP contribution in [0.2, 0.25) is 0 Å². The predicted molar refractivity (Wildman–Crippen MR) is 49.2 cm³/mol. The molecule has 1 heterocycles. The molecule has 2 fully saturated rings. The zero-order chi connectivity index (χ0) is 8.44. The van der Waals surface area contributed by atoms with Crippen molar-refractivity contribution < 1.29 is 4.74 Å². The van der Waals surface area contributed by atoms with Crippen molar-refractivity contribution >= 4 is 0 Å². The van der Waals surface area contributed by atoms with Gasteiger partial charge < -0.3 is 10.1 Å². The van der Waals surface area contributed by atoms with E-state index in [1.54, 1.807) is 0 Å². The van der Waals surface area contributed by atoms with Gasteiger partial charge in [0.1, 0.15) is 0 Å². The van der Waals surface area contributed by atoms with Crippen LogP contribution in [-0.4, -0.2) is 25.3 Å². The highest BCUT2D eigenvalue weighted by atomic mass is 16.5. The van der Waals surface area contributed by atoms with Crippen molar-refractivity contribution in [3.63, 3.8) is 0 Å². The molecule has 2 rings (SSSR count). The fourth-order valence-electron chi connectivity index (χ4n) is 2.65. The van der Waals surface area contributed by atoms with Crippen LogP contribution in [0.3, 0.4) is 0 Å². The maximum atomic E-state index is 6.09. The normalized spacial score (nSPS) is 33.2. The average molecular weight is 169 g/mol. The van der Waals surface area contributed by atoms with Crippen molar-refractivity contribution in [2.45, 2.75) is 50.2 Å². The van der Waals surface area contributed by atoms with Gasteiger partial charge in [-0.3, -0.25) is 0 Å². The Morgan fingerprint density at radius 1 is 1.33 bits per heavy atom. The van der Waals surface area contributed by atoms with Gasteiger partial charge in [0.2, 0.25) is 0 Å². The van der Waals surface area contributed by atoms with Crippen LogP contribution in [-0.2, 0) is 4.74 Å². The monoisotopic (exact) mass is 169 g/mol. The molecule has 1 aliphatic carbocycles. The van der Waals surface area contributed by atoms with Crippen LogP contribution in [0.1, 0.15) is 38.5 Å². The Hall–Kier alpha value is -0.0800. The topological polar surface area (TPSA) is 21.3 Å². The van der Waals surface area contributed by atoms with Crippen molar-refractivity contribution in [1.82, 2.24) is 5.32 Å². The van der Waals surface area contributed by atoms with Gasteiger partial charge in [-0.05, 0) is 32.7 Å². The molecule has 1 unspecified atom stereocenters. The van der Waals surface area contributed by atoms with Crippen LogP contribution in [0.25, 0.3) is 0 Å². The van der Waals surface area contributed by atoms with Gasteiger partial charge in [0.15, 0.2) is 0 Å². The minimum Gasteiger partial charge on any atom is -0.370 e. The molecule has 2 nitrogen and oxygen atoms in total. The first-order chi connectivity index (χ1) is 5.85. The molecular weight excluding hydrogens is 150 g/mol. The van der Waals surface area contributed by atoms with Gasteiger partial charge in [0, 0.05) is 6.54 Å². The number of likely N-dealkylation sites (N-methyl/N-ethyl adjacent to an activating group) is 1. The molecule has 12 heavy (non-hydrogen) atoms. The number of rotatable bonds is 2. The first-order valence-electron chi connectivity index (χ1n) is 5.17. The quantitative estimate of drug-likeness (QED) is 0.679. The van der Waals surface area contributed by atoms with Gasteiger partial charge in [-0.25, -0.2) is 0 Å². The lowest BCUT2D eigenvalue weighted by atomic mass is 9.98. The van der Waals surface area contributed by atoms with Crippen LogP contribution >= 0.6 is 0 Å². The Bertz CT molecular complexity index is 152. The zero-order valence-electron chi connectivity index (χ0n) is 7.94. The maximum absolute atomic E-state index is 6.09. The number of ether oxygens (including phenoxy) is 1. The Morgan fingerprint density at radius 3 is 2.75 bits per heavy atom. The predicted octanol–water partition coefficient (Wildman–Crippen LogP) is 1.70. The fourth-order valence-corrected chi connectivity index (χ4v) is 2.65. The average Bonchev–Trinajstić information content (AvgIpc) is 2.65. The molecule has 1 saturated heterocycles. The Kier molecular flexibility index (Phi) is 2.37. The van der Waals surface area contributed by atoms with Crippen LogP contribution in [0.15, 0.2) is 0 Å². The van der Waals surface area contributed by atoms with Gasteiger partial charge in [-0.2, -0.15) is 0 Å². The second kappa shape index (κ2) is 3.35. The van der Waals surface area contributed by atoms with E-state index in [2.05, 4.69) is 5.32 Å². The van der Waals surface area contributed by atoms with E-state index in [9.17, 15) is 0 Å². The molecule has 0 radical (unpaired) electrons. The summed E-state index contributed by atoms with van der Waals surface area (Å²) >= 11 is 0. The molecule has 1 aliphatic heterocycles. The Labute approximate surface area is 74.7 Å². The highest BCUT2D eigenvalue weighted by Gasteiger charge is 2.41. The van der Waals surface area contributed by atoms with E-state index in [1.807, 2.05) is 7.05 Å². The highest BCUT2D eigenvalue weighted by Crippen LogP contribution is 2.42. The third kappa shape index (κ3) is 1.50.